The normalized spacial score (nSPS) is 29.4. The maximum atomic E-state index is 12.8. The molecule has 2 amide bonds. The van der Waals surface area contributed by atoms with Gasteiger partial charge < -0.3 is 5.32 Å². The van der Waals surface area contributed by atoms with Crippen LogP contribution < -0.4 is 10.2 Å². The van der Waals surface area contributed by atoms with Crippen molar-refractivity contribution in [2.24, 2.45) is 11.8 Å². The van der Waals surface area contributed by atoms with Gasteiger partial charge in [-0.05, 0) is 31.7 Å². The molecule has 2 aromatic rings. The van der Waals surface area contributed by atoms with Gasteiger partial charge in [-0.25, -0.2) is 9.58 Å². The van der Waals surface area contributed by atoms with Crippen molar-refractivity contribution in [3.63, 3.8) is 0 Å². The largest absolute Gasteiger partial charge is 0.352 e. The lowest BCUT2D eigenvalue weighted by molar-refractivity contribution is -0.122. The average molecular weight is 363 g/mol. The summed E-state index contributed by atoms with van der Waals surface area (Å²) in [5, 5.41) is 7.91. The SMILES string of the molecule is C[C@@H]1C[C@H](c2ccccc2)n2nc(N3C(=O)[C@H]4CC=CC[C@@H]4C3=O)nc2N1. The monoisotopic (exact) mass is 363 g/mol. The third-order valence-electron chi connectivity index (χ3n) is 5.76. The molecule has 1 fully saturated rings. The molecule has 1 N–H and O–H groups in total. The first kappa shape index (κ1) is 16.2. The average Bonchev–Trinajstić information content (AvgIpc) is 3.21. The Morgan fingerprint density at radius 1 is 1.04 bits per heavy atom. The Labute approximate surface area is 157 Å². The Kier molecular flexibility index (Phi) is 3.63. The van der Waals surface area contributed by atoms with Gasteiger partial charge in [0.25, 0.3) is 5.95 Å². The second-order valence-corrected chi connectivity index (χ2v) is 7.56. The van der Waals surface area contributed by atoms with Crippen LogP contribution in [0.2, 0.25) is 0 Å². The molecule has 7 heteroatoms. The van der Waals surface area contributed by atoms with E-state index in [1.165, 1.54) is 4.90 Å². The summed E-state index contributed by atoms with van der Waals surface area (Å²) in [5.74, 6) is -0.119. The Bertz CT molecular complexity index is 909. The van der Waals surface area contributed by atoms with Crippen LogP contribution >= 0.6 is 0 Å². The number of benzene rings is 1. The molecule has 0 radical (unpaired) electrons. The van der Waals surface area contributed by atoms with Gasteiger partial charge in [-0.15, -0.1) is 5.10 Å². The first-order valence-electron chi connectivity index (χ1n) is 9.44. The zero-order chi connectivity index (χ0) is 18.5. The summed E-state index contributed by atoms with van der Waals surface area (Å²) in [7, 11) is 0. The van der Waals surface area contributed by atoms with E-state index in [9.17, 15) is 9.59 Å². The first-order valence-corrected chi connectivity index (χ1v) is 9.44. The maximum absolute atomic E-state index is 12.8. The Hall–Kier alpha value is -2.96. The van der Waals surface area contributed by atoms with Gasteiger partial charge >= 0.3 is 0 Å². The molecule has 3 heterocycles. The number of rotatable bonds is 2. The minimum absolute atomic E-state index is 0.0236. The van der Waals surface area contributed by atoms with Gasteiger partial charge in [-0.2, -0.15) is 4.98 Å². The summed E-state index contributed by atoms with van der Waals surface area (Å²) in [6, 6.07) is 10.4. The van der Waals surface area contributed by atoms with E-state index in [-0.39, 0.29) is 41.7 Å². The minimum Gasteiger partial charge on any atom is -0.352 e. The molecule has 1 aromatic heterocycles. The fourth-order valence-corrected chi connectivity index (χ4v) is 4.39. The molecule has 0 spiro atoms. The van der Waals surface area contributed by atoms with Gasteiger partial charge in [0, 0.05) is 6.04 Å². The summed E-state index contributed by atoms with van der Waals surface area (Å²) >= 11 is 0. The van der Waals surface area contributed by atoms with Gasteiger partial charge in [0.2, 0.25) is 17.8 Å². The van der Waals surface area contributed by atoms with E-state index in [0.717, 1.165) is 12.0 Å². The smallest absolute Gasteiger partial charge is 0.260 e. The highest BCUT2D eigenvalue weighted by molar-refractivity contribution is 6.21. The highest BCUT2D eigenvalue weighted by Crippen LogP contribution is 2.38. The molecular weight excluding hydrogens is 342 g/mol. The third kappa shape index (κ3) is 2.49. The second kappa shape index (κ2) is 6.04. The van der Waals surface area contributed by atoms with Crippen LogP contribution in [0.25, 0.3) is 0 Å². The number of nitrogens with one attached hydrogen (secondary N) is 1. The number of carbonyl (C=O) groups excluding carboxylic acids is 2. The number of allylic oxidation sites excluding steroid dienone is 2. The number of imide groups is 1. The van der Waals surface area contributed by atoms with Crippen molar-refractivity contribution in [3.05, 3.63) is 48.0 Å². The summed E-state index contributed by atoms with van der Waals surface area (Å²) < 4.78 is 1.81. The number of hydrogen-bond acceptors (Lipinski definition) is 5. The van der Waals surface area contributed by atoms with Crippen molar-refractivity contribution >= 4 is 23.7 Å². The van der Waals surface area contributed by atoms with E-state index >= 15 is 0 Å². The molecule has 138 valence electrons. The molecule has 0 bridgehead atoms. The zero-order valence-corrected chi connectivity index (χ0v) is 15.1. The lowest BCUT2D eigenvalue weighted by atomic mass is 9.85. The molecular formula is C20H21N5O2. The molecule has 27 heavy (non-hydrogen) atoms. The quantitative estimate of drug-likeness (QED) is 0.655. The molecule has 2 aliphatic heterocycles. The molecule has 1 aromatic carbocycles. The molecule has 1 aliphatic carbocycles. The van der Waals surface area contributed by atoms with Gasteiger partial charge in [0.15, 0.2) is 0 Å². The number of carbonyl (C=O) groups is 2. The fourth-order valence-electron chi connectivity index (χ4n) is 4.39. The van der Waals surface area contributed by atoms with Gasteiger partial charge in [0.1, 0.15) is 0 Å². The van der Waals surface area contributed by atoms with Crippen molar-refractivity contribution in [2.45, 2.75) is 38.3 Å². The Balaban J connectivity index is 1.53. The van der Waals surface area contributed by atoms with Gasteiger partial charge in [-0.3, -0.25) is 9.59 Å². The number of aromatic nitrogens is 3. The molecule has 7 nitrogen and oxygen atoms in total. The van der Waals surface area contributed by atoms with Crippen LogP contribution in [0.1, 0.15) is 37.8 Å². The zero-order valence-electron chi connectivity index (χ0n) is 15.1. The van der Waals surface area contributed by atoms with E-state index in [1.54, 1.807) is 0 Å². The van der Waals surface area contributed by atoms with Crippen molar-refractivity contribution in [2.75, 3.05) is 10.2 Å². The summed E-state index contributed by atoms with van der Waals surface area (Å²) in [4.78, 5) is 31.4. The Morgan fingerprint density at radius 2 is 1.70 bits per heavy atom. The molecule has 3 aliphatic rings. The van der Waals surface area contributed by atoms with Crippen molar-refractivity contribution in [3.8, 4) is 0 Å². The molecule has 4 atom stereocenters. The lowest BCUT2D eigenvalue weighted by Gasteiger charge is -2.29. The number of amides is 2. The van der Waals surface area contributed by atoms with E-state index < -0.39 is 0 Å². The second-order valence-electron chi connectivity index (χ2n) is 7.56. The van der Waals surface area contributed by atoms with Crippen LogP contribution in [0.5, 0.6) is 0 Å². The van der Waals surface area contributed by atoms with Crippen LogP contribution in [0, 0.1) is 11.8 Å². The number of hydrogen-bond donors (Lipinski definition) is 1. The summed E-state index contributed by atoms with van der Waals surface area (Å²) in [5.41, 5.74) is 1.14. The van der Waals surface area contributed by atoms with Crippen molar-refractivity contribution in [1.29, 1.82) is 0 Å². The standard InChI is InChI=1S/C20H21N5O2/c1-12-11-16(13-7-3-2-4-8-13)25-19(21-12)22-20(23-25)24-17(26)14-9-5-6-10-15(14)18(24)27/h2-8,12,14-16H,9-11H2,1H3,(H,21,22,23)/t12-,14+,15+,16-/m1/s1. The number of fused-ring (bicyclic) bond motifs is 2. The first-order chi connectivity index (χ1) is 13.1. The van der Waals surface area contributed by atoms with Crippen molar-refractivity contribution in [1.82, 2.24) is 14.8 Å². The molecule has 0 saturated carbocycles. The van der Waals surface area contributed by atoms with E-state index in [2.05, 4.69) is 34.5 Å². The van der Waals surface area contributed by atoms with Crippen LogP contribution in [0.15, 0.2) is 42.5 Å². The van der Waals surface area contributed by atoms with E-state index in [0.29, 0.717) is 18.8 Å². The third-order valence-corrected chi connectivity index (χ3v) is 5.76. The van der Waals surface area contributed by atoms with Crippen molar-refractivity contribution < 1.29 is 9.59 Å². The number of nitrogens with zero attached hydrogens (tertiary/aromatic N) is 4. The van der Waals surface area contributed by atoms with Gasteiger partial charge in [-0.1, -0.05) is 42.5 Å². The lowest BCUT2D eigenvalue weighted by Crippen LogP contribution is -2.32. The predicted octanol–water partition coefficient (Wildman–Crippen LogP) is 2.53. The molecule has 1 saturated heterocycles. The van der Waals surface area contributed by atoms with Crippen LogP contribution in [-0.2, 0) is 9.59 Å². The predicted molar refractivity (Wildman–Crippen MR) is 100 cm³/mol. The molecule has 5 rings (SSSR count). The minimum atomic E-state index is -0.278. The highest BCUT2D eigenvalue weighted by atomic mass is 16.2. The van der Waals surface area contributed by atoms with Gasteiger partial charge in [0.05, 0.1) is 17.9 Å². The van der Waals surface area contributed by atoms with E-state index in [4.69, 9.17) is 0 Å². The highest BCUT2D eigenvalue weighted by Gasteiger charge is 2.49. The topological polar surface area (TPSA) is 80.1 Å². The maximum Gasteiger partial charge on any atom is 0.260 e. The Morgan fingerprint density at radius 3 is 2.37 bits per heavy atom. The van der Waals surface area contributed by atoms with E-state index in [1.807, 2.05) is 35.0 Å². The summed E-state index contributed by atoms with van der Waals surface area (Å²) in [6.07, 6.45) is 6.05. The molecule has 0 unspecified atom stereocenters. The number of anilines is 2. The fraction of sp³-hybridized carbons (Fsp3) is 0.400. The summed E-state index contributed by atoms with van der Waals surface area (Å²) in [6.45, 7) is 2.10. The van der Waals surface area contributed by atoms with Crippen LogP contribution in [0.3, 0.4) is 0 Å². The van der Waals surface area contributed by atoms with Crippen LogP contribution in [-0.4, -0.2) is 32.6 Å². The van der Waals surface area contributed by atoms with Crippen LogP contribution in [0.4, 0.5) is 11.9 Å².